The van der Waals surface area contributed by atoms with Crippen molar-refractivity contribution in [1.29, 1.82) is 0 Å². The van der Waals surface area contributed by atoms with Crippen molar-refractivity contribution in [2.75, 3.05) is 43.4 Å². The van der Waals surface area contributed by atoms with Gasteiger partial charge in [0.2, 0.25) is 5.95 Å². The Morgan fingerprint density at radius 2 is 1.89 bits per heavy atom. The molecule has 0 bridgehead atoms. The summed E-state index contributed by atoms with van der Waals surface area (Å²) in [6, 6.07) is 9.33. The third-order valence-corrected chi connectivity index (χ3v) is 7.76. The zero-order valence-electron chi connectivity index (χ0n) is 21.1. The summed E-state index contributed by atoms with van der Waals surface area (Å²) in [5.74, 6) is 0.789. The van der Waals surface area contributed by atoms with E-state index >= 15 is 0 Å². The minimum atomic E-state index is -0.275. The summed E-state index contributed by atoms with van der Waals surface area (Å²) in [5, 5.41) is 17.6. The van der Waals surface area contributed by atoms with Crippen molar-refractivity contribution < 1.29 is 9.90 Å². The van der Waals surface area contributed by atoms with Gasteiger partial charge in [-0.15, -0.1) is 0 Å². The Balaban J connectivity index is 1.18. The first-order valence-electron chi connectivity index (χ1n) is 12.5. The van der Waals surface area contributed by atoms with Crippen LogP contribution in [0.5, 0.6) is 0 Å². The van der Waals surface area contributed by atoms with Gasteiger partial charge in [-0.25, -0.2) is 15.0 Å². The molecule has 37 heavy (non-hydrogen) atoms. The summed E-state index contributed by atoms with van der Waals surface area (Å²) in [6.07, 6.45) is 7.53. The van der Waals surface area contributed by atoms with E-state index in [-0.39, 0.29) is 18.5 Å². The zero-order valence-corrected chi connectivity index (χ0v) is 21.1. The largest absolute Gasteiger partial charge is 0.390 e. The van der Waals surface area contributed by atoms with Crippen LogP contribution in [-0.2, 0) is 13.7 Å². The first kappa shape index (κ1) is 23.5. The zero-order chi connectivity index (χ0) is 25.6. The van der Waals surface area contributed by atoms with Gasteiger partial charge in [0.05, 0.1) is 24.0 Å². The van der Waals surface area contributed by atoms with Gasteiger partial charge in [0, 0.05) is 54.5 Å². The molecule has 2 N–H and O–H groups in total. The van der Waals surface area contributed by atoms with Crippen molar-refractivity contribution in [1.82, 2.24) is 29.6 Å². The van der Waals surface area contributed by atoms with Crippen LogP contribution in [-0.4, -0.2) is 73.9 Å². The second-order valence-electron chi connectivity index (χ2n) is 10.3. The number of aliphatic hydroxyl groups excluding tert-OH is 1. The van der Waals surface area contributed by atoms with Gasteiger partial charge in [-0.1, -0.05) is 12.1 Å². The number of pyridine rings is 1. The number of nitrogens with zero attached hydrogens (tertiary/aromatic N) is 7. The van der Waals surface area contributed by atoms with Crippen LogP contribution < -0.4 is 10.2 Å². The SMILES string of the molecule is CN1CCC2(CC1)CN(c1cc(C(=O)Nc3ncc4ccc(-c5cnn(C)c5CO)cc4n3)ccn1)C2. The Morgan fingerprint density at radius 1 is 1.08 bits per heavy atom. The number of carbonyl (C=O) groups is 1. The van der Waals surface area contributed by atoms with Crippen LogP contribution in [0.2, 0.25) is 0 Å². The highest BCUT2D eigenvalue weighted by Crippen LogP contribution is 2.41. The van der Waals surface area contributed by atoms with Gasteiger partial charge >= 0.3 is 0 Å². The number of aromatic nitrogens is 5. The van der Waals surface area contributed by atoms with E-state index < -0.39 is 0 Å². The topological polar surface area (TPSA) is 112 Å². The van der Waals surface area contributed by atoms with Crippen LogP contribution >= 0.6 is 0 Å². The van der Waals surface area contributed by atoms with E-state index in [9.17, 15) is 9.90 Å². The van der Waals surface area contributed by atoms with E-state index in [4.69, 9.17) is 0 Å². The molecule has 6 rings (SSSR count). The molecule has 0 radical (unpaired) electrons. The van der Waals surface area contributed by atoms with Gasteiger partial charge in [-0.2, -0.15) is 5.10 Å². The Morgan fingerprint density at radius 3 is 2.68 bits per heavy atom. The summed E-state index contributed by atoms with van der Waals surface area (Å²) in [7, 11) is 3.98. The van der Waals surface area contributed by atoms with Crippen molar-refractivity contribution in [2.24, 2.45) is 12.5 Å². The van der Waals surface area contributed by atoms with Crippen molar-refractivity contribution >= 4 is 28.6 Å². The fraction of sp³-hybridized carbons (Fsp3) is 0.370. The highest BCUT2D eigenvalue weighted by Gasteiger charge is 2.44. The number of piperidine rings is 1. The number of likely N-dealkylation sites (tertiary alicyclic amines) is 1. The molecule has 10 heteroatoms. The Kier molecular flexibility index (Phi) is 5.85. The molecular formula is C27H30N8O2. The predicted molar refractivity (Wildman–Crippen MR) is 141 cm³/mol. The molecule has 1 aromatic carbocycles. The summed E-state index contributed by atoms with van der Waals surface area (Å²) < 4.78 is 1.65. The Hall–Kier alpha value is -3.89. The van der Waals surface area contributed by atoms with Gasteiger partial charge in [0.1, 0.15) is 5.82 Å². The molecule has 2 saturated heterocycles. The van der Waals surface area contributed by atoms with Gasteiger partial charge in [0.25, 0.3) is 5.91 Å². The molecular weight excluding hydrogens is 468 g/mol. The maximum Gasteiger partial charge on any atom is 0.258 e. The minimum Gasteiger partial charge on any atom is -0.390 e. The molecule has 0 unspecified atom stereocenters. The molecule has 0 atom stereocenters. The third kappa shape index (κ3) is 4.42. The summed E-state index contributed by atoms with van der Waals surface area (Å²) in [4.78, 5) is 31.1. The average molecular weight is 499 g/mol. The van der Waals surface area contributed by atoms with Crippen molar-refractivity contribution in [3.63, 3.8) is 0 Å². The highest BCUT2D eigenvalue weighted by molar-refractivity contribution is 6.04. The molecule has 2 aliphatic rings. The van der Waals surface area contributed by atoms with Crippen LogP contribution in [0.1, 0.15) is 28.9 Å². The molecule has 3 aromatic heterocycles. The number of aliphatic hydroxyl groups is 1. The van der Waals surface area contributed by atoms with E-state index in [2.05, 4.69) is 42.2 Å². The van der Waals surface area contributed by atoms with Crippen LogP contribution in [0, 0.1) is 5.41 Å². The maximum atomic E-state index is 13.1. The van der Waals surface area contributed by atoms with Crippen molar-refractivity contribution in [2.45, 2.75) is 19.4 Å². The number of fused-ring (bicyclic) bond motifs is 1. The lowest BCUT2D eigenvalue weighted by Gasteiger charge is -2.54. The minimum absolute atomic E-state index is 0.112. The molecule has 1 amide bonds. The molecule has 1 spiro atoms. The number of hydrogen-bond acceptors (Lipinski definition) is 8. The van der Waals surface area contributed by atoms with Crippen molar-refractivity contribution in [3.8, 4) is 11.1 Å². The molecule has 10 nitrogen and oxygen atoms in total. The van der Waals surface area contributed by atoms with Gasteiger partial charge in [-0.05, 0) is 56.7 Å². The number of anilines is 2. The third-order valence-electron chi connectivity index (χ3n) is 7.76. The number of carbonyl (C=O) groups excluding carboxylic acids is 1. The average Bonchev–Trinajstić information content (AvgIpc) is 3.28. The molecule has 190 valence electrons. The number of rotatable bonds is 5. The van der Waals surface area contributed by atoms with Gasteiger partial charge in [-0.3, -0.25) is 14.8 Å². The summed E-state index contributed by atoms with van der Waals surface area (Å²) in [5.41, 5.74) is 4.05. The number of amides is 1. The molecule has 0 saturated carbocycles. The predicted octanol–water partition coefficient (Wildman–Crippen LogP) is 2.70. The molecule has 2 aliphatic heterocycles. The van der Waals surface area contributed by atoms with Crippen molar-refractivity contribution in [3.05, 3.63) is 60.2 Å². The number of benzene rings is 1. The van der Waals surface area contributed by atoms with Crippen LogP contribution in [0.4, 0.5) is 11.8 Å². The molecule has 2 fully saturated rings. The number of nitrogens with one attached hydrogen (secondary N) is 1. The van der Waals surface area contributed by atoms with E-state index in [0.717, 1.165) is 54.2 Å². The number of aryl methyl sites for hydroxylation is 1. The standard InChI is InChI=1S/C27H30N8O2/c1-33-9-6-27(7-10-33)16-35(17-27)24-12-19(5-8-28-24)25(37)32-26-29-13-20-4-3-18(11-22(20)31-26)21-14-30-34(2)23(21)15-36/h3-5,8,11-14,36H,6-7,9-10,15-17H2,1-2H3,(H,29,31,32,37). The Bertz CT molecular complexity index is 1470. The monoisotopic (exact) mass is 498 g/mol. The van der Waals surface area contributed by atoms with E-state index in [1.165, 1.54) is 12.8 Å². The van der Waals surface area contributed by atoms with E-state index in [1.54, 1.807) is 36.4 Å². The lowest BCUT2D eigenvalue weighted by molar-refractivity contribution is 0.0900. The fourth-order valence-electron chi connectivity index (χ4n) is 5.38. The van der Waals surface area contributed by atoms with Gasteiger partial charge < -0.3 is 14.9 Å². The molecule has 5 heterocycles. The fourth-order valence-corrected chi connectivity index (χ4v) is 5.38. The van der Waals surface area contributed by atoms with Gasteiger partial charge in [0.15, 0.2) is 0 Å². The van der Waals surface area contributed by atoms with E-state index in [1.807, 2.05) is 24.3 Å². The van der Waals surface area contributed by atoms with Crippen LogP contribution in [0.15, 0.2) is 48.9 Å². The first-order valence-corrected chi connectivity index (χ1v) is 12.5. The summed E-state index contributed by atoms with van der Waals surface area (Å²) >= 11 is 0. The Labute approximate surface area is 215 Å². The van der Waals surface area contributed by atoms with E-state index in [0.29, 0.717) is 16.5 Å². The summed E-state index contributed by atoms with van der Waals surface area (Å²) in [6.45, 7) is 4.15. The second-order valence-corrected chi connectivity index (χ2v) is 10.3. The first-order chi connectivity index (χ1) is 17.9. The highest BCUT2D eigenvalue weighted by atomic mass is 16.3. The normalized spacial score (nSPS) is 17.2. The van der Waals surface area contributed by atoms with Crippen LogP contribution in [0.3, 0.4) is 0 Å². The van der Waals surface area contributed by atoms with Crippen LogP contribution in [0.25, 0.3) is 22.0 Å². The lowest BCUT2D eigenvalue weighted by Crippen LogP contribution is -2.60. The molecule has 0 aliphatic carbocycles. The number of hydrogen-bond donors (Lipinski definition) is 2. The maximum absolute atomic E-state index is 13.1. The molecule has 4 aromatic rings. The lowest BCUT2D eigenvalue weighted by atomic mass is 9.72. The smallest absolute Gasteiger partial charge is 0.258 e. The second kappa shape index (κ2) is 9.20. The quantitative estimate of drug-likeness (QED) is 0.432.